The lowest BCUT2D eigenvalue weighted by Crippen LogP contribution is -2.03. The largest absolute Gasteiger partial charge is 0.466 e. The summed E-state index contributed by atoms with van der Waals surface area (Å²) in [6.07, 6.45) is 7.83. The lowest BCUT2D eigenvalue weighted by Gasteiger charge is -2.02. The number of rotatable bonds is 7. The van der Waals surface area contributed by atoms with Crippen molar-refractivity contribution in [2.75, 3.05) is 6.61 Å². The highest BCUT2D eigenvalue weighted by Crippen LogP contribution is 2.10. The third-order valence-electron chi connectivity index (χ3n) is 2.55. The fraction of sp³-hybridized carbons (Fsp3) is 0.643. The third-order valence-corrected chi connectivity index (χ3v) is 2.55. The van der Waals surface area contributed by atoms with E-state index in [0.29, 0.717) is 13.0 Å². The Labute approximate surface area is 99.4 Å². The van der Waals surface area contributed by atoms with Crippen LogP contribution in [-0.2, 0) is 9.53 Å². The Morgan fingerprint density at radius 2 is 1.81 bits per heavy atom. The maximum absolute atomic E-state index is 11.1. The molecular weight excluding hydrogens is 200 g/mol. The van der Waals surface area contributed by atoms with E-state index in [0.717, 1.165) is 19.3 Å². The van der Waals surface area contributed by atoms with Gasteiger partial charge in [0.1, 0.15) is 0 Å². The molecule has 16 heavy (non-hydrogen) atoms. The predicted molar refractivity (Wildman–Crippen MR) is 68.3 cm³/mol. The minimum atomic E-state index is -0.0973. The molecule has 0 spiro atoms. The zero-order chi connectivity index (χ0) is 12.4. The lowest BCUT2D eigenvalue weighted by molar-refractivity contribution is -0.143. The SMILES string of the molecule is C/C=C(\C)CC/C=C(\C)CCC(=O)OCC. The highest BCUT2D eigenvalue weighted by atomic mass is 16.5. The van der Waals surface area contributed by atoms with Gasteiger partial charge >= 0.3 is 5.97 Å². The van der Waals surface area contributed by atoms with Crippen molar-refractivity contribution in [2.45, 2.75) is 53.4 Å². The molecule has 0 unspecified atom stereocenters. The zero-order valence-electron chi connectivity index (χ0n) is 11.0. The molecule has 0 amide bonds. The Hall–Kier alpha value is -1.05. The fourth-order valence-corrected chi connectivity index (χ4v) is 1.33. The van der Waals surface area contributed by atoms with Gasteiger partial charge in [0.2, 0.25) is 0 Å². The zero-order valence-corrected chi connectivity index (χ0v) is 11.0. The molecule has 0 aromatic heterocycles. The first-order valence-electron chi connectivity index (χ1n) is 6.03. The fourth-order valence-electron chi connectivity index (χ4n) is 1.33. The van der Waals surface area contributed by atoms with Crippen LogP contribution < -0.4 is 0 Å². The van der Waals surface area contributed by atoms with Gasteiger partial charge in [-0.05, 0) is 47.0 Å². The maximum Gasteiger partial charge on any atom is 0.306 e. The summed E-state index contributed by atoms with van der Waals surface area (Å²) < 4.78 is 4.88. The van der Waals surface area contributed by atoms with Crippen molar-refractivity contribution in [3.63, 3.8) is 0 Å². The average molecular weight is 224 g/mol. The molecule has 0 rings (SSSR count). The molecule has 0 heterocycles. The van der Waals surface area contributed by atoms with Gasteiger partial charge in [-0.2, -0.15) is 0 Å². The second kappa shape index (κ2) is 9.20. The Bertz CT molecular complexity index is 262. The highest BCUT2D eigenvalue weighted by molar-refractivity contribution is 5.69. The standard InChI is InChI=1S/C14H24O2/c1-5-12(3)8-7-9-13(4)10-11-14(15)16-6-2/h5,9H,6-8,10-11H2,1-4H3/b12-5+,13-9+. The third kappa shape index (κ3) is 8.27. The number of carbonyl (C=O) groups excluding carboxylic acids is 1. The number of hydrogen-bond acceptors (Lipinski definition) is 2. The topological polar surface area (TPSA) is 26.3 Å². The molecule has 0 atom stereocenters. The van der Waals surface area contributed by atoms with E-state index in [1.807, 2.05) is 6.92 Å². The average Bonchev–Trinajstić information content (AvgIpc) is 2.26. The van der Waals surface area contributed by atoms with Gasteiger partial charge in [0.15, 0.2) is 0 Å². The molecule has 0 aromatic carbocycles. The summed E-state index contributed by atoms with van der Waals surface area (Å²) in [5.74, 6) is -0.0973. The van der Waals surface area contributed by atoms with Crippen LogP contribution in [0.5, 0.6) is 0 Å². The van der Waals surface area contributed by atoms with Gasteiger partial charge in [0, 0.05) is 6.42 Å². The summed E-state index contributed by atoms with van der Waals surface area (Å²) in [5, 5.41) is 0. The van der Waals surface area contributed by atoms with E-state index in [9.17, 15) is 4.79 Å². The van der Waals surface area contributed by atoms with E-state index < -0.39 is 0 Å². The number of carbonyl (C=O) groups is 1. The second-order valence-electron chi connectivity index (χ2n) is 4.03. The molecule has 0 N–H and O–H groups in total. The van der Waals surface area contributed by atoms with E-state index >= 15 is 0 Å². The van der Waals surface area contributed by atoms with Crippen molar-refractivity contribution in [3.8, 4) is 0 Å². The van der Waals surface area contributed by atoms with E-state index in [4.69, 9.17) is 4.74 Å². The van der Waals surface area contributed by atoms with Crippen LogP contribution in [-0.4, -0.2) is 12.6 Å². The van der Waals surface area contributed by atoms with Crippen molar-refractivity contribution in [3.05, 3.63) is 23.3 Å². The number of allylic oxidation sites excluding steroid dienone is 4. The van der Waals surface area contributed by atoms with E-state index in [2.05, 4.69) is 32.9 Å². The Balaban J connectivity index is 3.75. The summed E-state index contributed by atoms with van der Waals surface area (Å²) in [5.41, 5.74) is 2.69. The summed E-state index contributed by atoms with van der Waals surface area (Å²) in [7, 11) is 0. The lowest BCUT2D eigenvalue weighted by atomic mass is 10.1. The van der Waals surface area contributed by atoms with Crippen molar-refractivity contribution in [1.82, 2.24) is 0 Å². The smallest absolute Gasteiger partial charge is 0.306 e. The predicted octanol–water partition coefficient (Wildman–Crippen LogP) is 4.02. The van der Waals surface area contributed by atoms with Crippen molar-refractivity contribution >= 4 is 5.97 Å². The van der Waals surface area contributed by atoms with Crippen LogP contribution in [0.4, 0.5) is 0 Å². The van der Waals surface area contributed by atoms with Crippen LogP contribution in [0.25, 0.3) is 0 Å². The molecule has 0 radical (unpaired) electrons. The van der Waals surface area contributed by atoms with Crippen LogP contribution in [0.15, 0.2) is 23.3 Å². The molecule has 0 aromatic rings. The molecular formula is C14H24O2. The molecule has 0 saturated heterocycles. The van der Waals surface area contributed by atoms with Gasteiger partial charge in [-0.15, -0.1) is 0 Å². The summed E-state index contributed by atoms with van der Waals surface area (Å²) >= 11 is 0. The highest BCUT2D eigenvalue weighted by Gasteiger charge is 2.01. The molecule has 0 aliphatic carbocycles. The summed E-state index contributed by atoms with van der Waals surface area (Å²) in [6.45, 7) is 8.58. The van der Waals surface area contributed by atoms with Crippen LogP contribution in [0.3, 0.4) is 0 Å². The van der Waals surface area contributed by atoms with E-state index in [1.165, 1.54) is 11.1 Å². The van der Waals surface area contributed by atoms with Crippen LogP contribution in [0.1, 0.15) is 53.4 Å². The minimum absolute atomic E-state index is 0.0973. The minimum Gasteiger partial charge on any atom is -0.466 e. The van der Waals surface area contributed by atoms with Crippen molar-refractivity contribution in [2.24, 2.45) is 0 Å². The van der Waals surface area contributed by atoms with Gasteiger partial charge in [0.05, 0.1) is 6.61 Å². The molecule has 0 aliphatic heterocycles. The molecule has 0 fully saturated rings. The van der Waals surface area contributed by atoms with E-state index in [1.54, 1.807) is 0 Å². The first kappa shape index (κ1) is 14.9. The molecule has 2 nitrogen and oxygen atoms in total. The summed E-state index contributed by atoms with van der Waals surface area (Å²) in [4.78, 5) is 11.1. The Morgan fingerprint density at radius 3 is 2.38 bits per heavy atom. The van der Waals surface area contributed by atoms with Crippen LogP contribution in [0, 0.1) is 0 Å². The normalized spacial score (nSPS) is 12.8. The van der Waals surface area contributed by atoms with Crippen molar-refractivity contribution < 1.29 is 9.53 Å². The molecule has 0 saturated carbocycles. The second-order valence-corrected chi connectivity index (χ2v) is 4.03. The monoisotopic (exact) mass is 224 g/mol. The maximum atomic E-state index is 11.1. The number of hydrogen-bond donors (Lipinski definition) is 0. The van der Waals surface area contributed by atoms with Gasteiger partial charge in [-0.1, -0.05) is 23.3 Å². The number of esters is 1. The van der Waals surface area contributed by atoms with Crippen molar-refractivity contribution in [1.29, 1.82) is 0 Å². The Morgan fingerprint density at radius 1 is 1.12 bits per heavy atom. The van der Waals surface area contributed by atoms with Gasteiger partial charge < -0.3 is 4.74 Å². The first-order chi connectivity index (χ1) is 7.60. The first-order valence-corrected chi connectivity index (χ1v) is 6.03. The van der Waals surface area contributed by atoms with Crippen LogP contribution in [0.2, 0.25) is 0 Å². The van der Waals surface area contributed by atoms with E-state index in [-0.39, 0.29) is 5.97 Å². The van der Waals surface area contributed by atoms with Gasteiger partial charge in [-0.3, -0.25) is 4.79 Å². The molecule has 0 bridgehead atoms. The van der Waals surface area contributed by atoms with Gasteiger partial charge in [-0.25, -0.2) is 0 Å². The molecule has 2 heteroatoms. The van der Waals surface area contributed by atoms with Gasteiger partial charge in [0.25, 0.3) is 0 Å². The number of ether oxygens (including phenoxy) is 1. The Kier molecular flexibility index (Phi) is 8.59. The molecule has 0 aliphatic rings. The molecule has 92 valence electrons. The quantitative estimate of drug-likeness (QED) is 0.482. The van der Waals surface area contributed by atoms with Crippen LogP contribution >= 0.6 is 0 Å². The summed E-state index contributed by atoms with van der Waals surface area (Å²) in [6, 6.07) is 0.